The van der Waals surface area contributed by atoms with Gasteiger partial charge in [-0.2, -0.15) is 0 Å². The number of amides is 1. The van der Waals surface area contributed by atoms with Crippen LogP contribution in [0.1, 0.15) is 37.7 Å². The Morgan fingerprint density at radius 3 is 2.70 bits per heavy atom. The second-order valence-corrected chi connectivity index (χ2v) is 10.2. The number of anilines is 1. The van der Waals surface area contributed by atoms with Crippen LogP contribution in [0.15, 0.2) is 24.4 Å². The molecule has 2 aromatic rings. The van der Waals surface area contributed by atoms with Crippen molar-refractivity contribution < 1.29 is 23.4 Å². The molecular formula is C24H28ClF2N3O3. The van der Waals surface area contributed by atoms with E-state index < -0.39 is 30.3 Å². The van der Waals surface area contributed by atoms with Crippen LogP contribution in [0.3, 0.4) is 0 Å². The third kappa shape index (κ3) is 4.34. The van der Waals surface area contributed by atoms with Gasteiger partial charge >= 0.3 is 0 Å². The van der Waals surface area contributed by atoms with Crippen LogP contribution in [0.25, 0.3) is 10.8 Å². The number of piperidine rings is 1. The molecule has 4 atom stereocenters. The van der Waals surface area contributed by atoms with Gasteiger partial charge in [0.05, 0.1) is 24.9 Å². The standard InChI is InChI=1S/C24H28ClF2N3O3/c1-24(12-33-11-20(24)31)30-4-2-13(3-5-30)16-6-14-8-21(28-10-15(14)7-19(16)25)29-23(32)18-9-17(18)22(26)27/h6-8,10,13,17-18,20,22,31H,2-5,9,11-12H2,1H3,(H,28,29,32)/t17?,18?,20-,24+/m1/s1. The second-order valence-electron chi connectivity index (χ2n) is 9.77. The summed E-state index contributed by atoms with van der Waals surface area (Å²) in [5.74, 6) is -1.25. The fraction of sp³-hybridized carbons (Fsp3) is 0.583. The summed E-state index contributed by atoms with van der Waals surface area (Å²) in [6.07, 6.45) is 0.748. The molecular weight excluding hydrogens is 452 g/mol. The van der Waals surface area contributed by atoms with E-state index in [1.807, 2.05) is 12.1 Å². The van der Waals surface area contributed by atoms with Crippen LogP contribution in [0.4, 0.5) is 14.6 Å². The molecule has 5 rings (SSSR count). The van der Waals surface area contributed by atoms with E-state index in [2.05, 4.69) is 22.1 Å². The van der Waals surface area contributed by atoms with Crippen molar-refractivity contribution in [1.29, 1.82) is 0 Å². The summed E-state index contributed by atoms with van der Waals surface area (Å²) in [4.78, 5) is 18.8. The van der Waals surface area contributed by atoms with Crippen molar-refractivity contribution in [2.24, 2.45) is 11.8 Å². The van der Waals surface area contributed by atoms with E-state index in [1.165, 1.54) is 0 Å². The molecule has 2 saturated heterocycles. The fourth-order valence-corrected chi connectivity index (χ4v) is 5.56. The van der Waals surface area contributed by atoms with Gasteiger partial charge in [-0.25, -0.2) is 13.8 Å². The van der Waals surface area contributed by atoms with E-state index in [9.17, 15) is 18.7 Å². The minimum absolute atomic E-state index is 0.220. The van der Waals surface area contributed by atoms with Crippen molar-refractivity contribution in [1.82, 2.24) is 9.88 Å². The SMILES string of the molecule is C[C@]1(N2CCC(c3cc4cc(NC(=O)C5CC5C(F)F)ncc4cc3Cl)CC2)COC[C@H]1O. The van der Waals surface area contributed by atoms with E-state index in [1.54, 1.807) is 12.3 Å². The highest BCUT2D eigenvalue weighted by molar-refractivity contribution is 6.32. The zero-order chi connectivity index (χ0) is 23.3. The average Bonchev–Trinajstić information content (AvgIpc) is 3.54. The van der Waals surface area contributed by atoms with Crippen LogP contribution in [-0.4, -0.2) is 65.3 Å². The lowest BCUT2D eigenvalue weighted by molar-refractivity contribution is -0.118. The minimum Gasteiger partial charge on any atom is -0.389 e. The maximum atomic E-state index is 12.8. The summed E-state index contributed by atoms with van der Waals surface area (Å²) in [6.45, 7) is 4.67. The van der Waals surface area contributed by atoms with Crippen LogP contribution in [0.2, 0.25) is 5.02 Å². The summed E-state index contributed by atoms with van der Waals surface area (Å²) >= 11 is 6.63. The topological polar surface area (TPSA) is 74.7 Å². The summed E-state index contributed by atoms with van der Waals surface area (Å²) < 4.78 is 31.0. The van der Waals surface area contributed by atoms with Crippen LogP contribution in [0.5, 0.6) is 0 Å². The fourth-order valence-electron chi connectivity index (χ4n) is 5.23. The smallest absolute Gasteiger partial charge is 0.242 e. The molecule has 178 valence electrons. The molecule has 0 bridgehead atoms. The highest BCUT2D eigenvalue weighted by Gasteiger charge is 2.49. The van der Waals surface area contributed by atoms with Gasteiger partial charge in [0.1, 0.15) is 5.82 Å². The number of halogens is 3. The Morgan fingerprint density at radius 1 is 1.30 bits per heavy atom. The maximum Gasteiger partial charge on any atom is 0.242 e. The highest BCUT2D eigenvalue weighted by Crippen LogP contribution is 2.44. The van der Waals surface area contributed by atoms with E-state index in [4.69, 9.17) is 16.3 Å². The van der Waals surface area contributed by atoms with Gasteiger partial charge in [0, 0.05) is 28.4 Å². The van der Waals surface area contributed by atoms with Crippen molar-refractivity contribution >= 4 is 34.1 Å². The molecule has 0 spiro atoms. The molecule has 2 N–H and O–H groups in total. The van der Waals surface area contributed by atoms with Crippen molar-refractivity contribution in [2.75, 3.05) is 31.6 Å². The normalized spacial score (nSPS) is 30.8. The minimum atomic E-state index is -2.46. The number of aliphatic hydroxyl groups excluding tert-OH is 1. The number of ether oxygens (including phenoxy) is 1. The van der Waals surface area contributed by atoms with Gasteiger partial charge in [-0.3, -0.25) is 9.69 Å². The van der Waals surface area contributed by atoms with Gasteiger partial charge in [0.15, 0.2) is 0 Å². The molecule has 1 aromatic carbocycles. The van der Waals surface area contributed by atoms with Crippen LogP contribution in [0, 0.1) is 11.8 Å². The molecule has 2 unspecified atom stereocenters. The van der Waals surface area contributed by atoms with E-state index in [-0.39, 0.29) is 17.9 Å². The number of benzene rings is 1. The highest BCUT2D eigenvalue weighted by atomic mass is 35.5. The third-order valence-electron chi connectivity index (χ3n) is 7.63. The number of hydrogen-bond donors (Lipinski definition) is 2. The first kappa shape index (κ1) is 22.9. The molecule has 33 heavy (non-hydrogen) atoms. The number of aromatic nitrogens is 1. The maximum absolute atomic E-state index is 12.8. The number of likely N-dealkylation sites (tertiary alicyclic amines) is 1. The number of nitrogens with zero attached hydrogens (tertiary/aromatic N) is 2. The van der Waals surface area contributed by atoms with Crippen LogP contribution < -0.4 is 5.32 Å². The molecule has 1 saturated carbocycles. The predicted octanol–water partition coefficient (Wildman–Crippen LogP) is 4.06. The molecule has 1 amide bonds. The second kappa shape index (κ2) is 8.73. The van der Waals surface area contributed by atoms with Crippen LogP contribution >= 0.6 is 11.6 Å². The molecule has 3 aliphatic rings. The number of carbonyl (C=O) groups is 1. The Balaban J connectivity index is 1.30. The third-order valence-corrected chi connectivity index (χ3v) is 7.96. The molecule has 2 aliphatic heterocycles. The van der Waals surface area contributed by atoms with Gasteiger partial charge in [0.2, 0.25) is 12.3 Å². The molecule has 0 radical (unpaired) electrons. The van der Waals surface area contributed by atoms with Gasteiger partial charge in [-0.15, -0.1) is 0 Å². The number of rotatable bonds is 5. The van der Waals surface area contributed by atoms with Crippen molar-refractivity contribution in [3.63, 3.8) is 0 Å². The first-order chi connectivity index (χ1) is 15.8. The monoisotopic (exact) mass is 479 g/mol. The van der Waals surface area contributed by atoms with E-state index in [0.717, 1.165) is 42.3 Å². The van der Waals surface area contributed by atoms with Gasteiger partial charge in [-0.05, 0) is 74.3 Å². The number of pyridine rings is 1. The molecule has 3 fully saturated rings. The predicted molar refractivity (Wildman–Crippen MR) is 122 cm³/mol. The lowest BCUT2D eigenvalue weighted by atomic mass is 9.85. The number of carbonyl (C=O) groups excluding carboxylic acids is 1. The van der Waals surface area contributed by atoms with E-state index in [0.29, 0.717) is 24.1 Å². The summed E-state index contributed by atoms with van der Waals surface area (Å²) in [5, 5.41) is 15.5. The summed E-state index contributed by atoms with van der Waals surface area (Å²) in [6, 6.07) is 5.71. The Labute approximate surface area is 196 Å². The Bertz CT molecular complexity index is 1060. The number of fused-ring (bicyclic) bond motifs is 1. The molecule has 3 heterocycles. The van der Waals surface area contributed by atoms with E-state index >= 15 is 0 Å². The number of aliphatic hydroxyl groups is 1. The lowest BCUT2D eigenvalue weighted by Crippen LogP contribution is -2.56. The Hall–Kier alpha value is -1.87. The average molecular weight is 480 g/mol. The molecule has 1 aromatic heterocycles. The molecule has 9 heteroatoms. The number of alkyl halides is 2. The zero-order valence-corrected chi connectivity index (χ0v) is 19.2. The number of nitrogens with one attached hydrogen (secondary N) is 1. The van der Waals surface area contributed by atoms with Crippen molar-refractivity contribution in [2.45, 2.75) is 50.2 Å². The molecule has 6 nitrogen and oxygen atoms in total. The summed E-state index contributed by atoms with van der Waals surface area (Å²) in [5.41, 5.74) is 0.711. The lowest BCUT2D eigenvalue weighted by Gasteiger charge is -2.43. The quantitative estimate of drug-likeness (QED) is 0.676. The largest absolute Gasteiger partial charge is 0.389 e. The Kier molecular flexibility index (Phi) is 6.05. The van der Waals surface area contributed by atoms with Crippen molar-refractivity contribution in [3.05, 3.63) is 35.0 Å². The van der Waals surface area contributed by atoms with Crippen LogP contribution in [-0.2, 0) is 9.53 Å². The first-order valence-corrected chi connectivity index (χ1v) is 11.8. The molecule has 1 aliphatic carbocycles. The van der Waals surface area contributed by atoms with Gasteiger partial charge in [0.25, 0.3) is 0 Å². The van der Waals surface area contributed by atoms with Gasteiger partial charge < -0.3 is 15.2 Å². The Morgan fingerprint density at radius 2 is 2.06 bits per heavy atom. The number of hydrogen-bond acceptors (Lipinski definition) is 5. The zero-order valence-electron chi connectivity index (χ0n) is 18.4. The van der Waals surface area contributed by atoms with Crippen molar-refractivity contribution in [3.8, 4) is 0 Å². The first-order valence-electron chi connectivity index (χ1n) is 11.5. The summed E-state index contributed by atoms with van der Waals surface area (Å²) in [7, 11) is 0. The van der Waals surface area contributed by atoms with Gasteiger partial charge in [-0.1, -0.05) is 11.6 Å².